The highest BCUT2D eigenvalue weighted by molar-refractivity contribution is 7.98. The molecule has 1 aliphatic rings. The second-order valence-corrected chi connectivity index (χ2v) is 8.11. The molecule has 1 atom stereocenters. The third-order valence-electron chi connectivity index (χ3n) is 5.26. The van der Waals surface area contributed by atoms with Crippen molar-refractivity contribution in [1.29, 1.82) is 0 Å². The van der Waals surface area contributed by atoms with E-state index in [9.17, 15) is 4.79 Å². The lowest BCUT2D eigenvalue weighted by Gasteiger charge is -2.21. The summed E-state index contributed by atoms with van der Waals surface area (Å²) in [6.07, 6.45) is 9.62. The van der Waals surface area contributed by atoms with Gasteiger partial charge < -0.3 is 5.32 Å². The summed E-state index contributed by atoms with van der Waals surface area (Å²) in [5.41, 5.74) is 4.88. The van der Waals surface area contributed by atoms with E-state index >= 15 is 0 Å². The number of aryl methyl sites for hydroxylation is 1. The van der Waals surface area contributed by atoms with Crippen LogP contribution in [0.3, 0.4) is 0 Å². The molecule has 1 amide bonds. The number of nitrogens with one attached hydrogen (secondary N) is 1. The van der Waals surface area contributed by atoms with Gasteiger partial charge in [-0.3, -0.25) is 4.79 Å². The highest BCUT2D eigenvalue weighted by Crippen LogP contribution is 2.25. The first-order valence-electron chi connectivity index (χ1n) is 9.41. The Balaban J connectivity index is 1.45. The zero-order valence-corrected chi connectivity index (χ0v) is 16.6. The van der Waals surface area contributed by atoms with E-state index in [4.69, 9.17) is 0 Å². The molecule has 2 aromatic heterocycles. The smallest absolute Gasteiger partial charge is 0.256 e. The summed E-state index contributed by atoms with van der Waals surface area (Å²) < 4.78 is 1.86. The van der Waals surface area contributed by atoms with Gasteiger partial charge in [0.1, 0.15) is 5.56 Å². The fourth-order valence-electron chi connectivity index (χ4n) is 3.68. The van der Waals surface area contributed by atoms with Crippen molar-refractivity contribution < 1.29 is 4.79 Å². The van der Waals surface area contributed by atoms with Crippen molar-refractivity contribution in [3.63, 3.8) is 0 Å². The number of carbonyl (C=O) groups excluding carboxylic acids is 1. The molecule has 6 heteroatoms. The number of hydrogen-bond donors (Lipinski definition) is 1. The number of aromatic nitrogens is 3. The van der Waals surface area contributed by atoms with Gasteiger partial charge in [0.2, 0.25) is 0 Å². The van der Waals surface area contributed by atoms with Crippen molar-refractivity contribution in [1.82, 2.24) is 19.9 Å². The molecule has 0 spiro atoms. The van der Waals surface area contributed by atoms with E-state index in [-0.39, 0.29) is 5.91 Å². The number of rotatable bonds is 5. The van der Waals surface area contributed by atoms with Gasteiger partial charge in [0.15, 0.2) is 5.65 Å². The van der Waals surface area contributed by atoms with Crippen LogP contribution in [-0.2, 0) is 19.3 Å². The SMILES string of the molecule is CSc1ccc(CCNC(=O)c2cnn3c4c(cnc23)CC(C)CC4)cc1. The largest absolute Gasteiger partial charge is 0.352 e. The lowest BCUT2D eigenvalue weighted by Crippen LogP contribution is -2.26. The van der Waals surface area contributed by atoms with Gasteiger partial charge in [-0.25, -0.2) is 9.50 Å². The maximum Gasteiger partial charge on any atom is 0.256 e. The maximum atomic E-state index is 12.6. The molecule has 1 unspecified atom stereocenters. The van der Waals surface area contributed by atoms with Gasteiger partial charge in [0.05, 0.1) is 6.20 Å². The van der Waals surface area contributed by atoms with Crippen molar-refractivity contribution >= 4 is 23.3 Å². The van der Waals surface area contributed by atoms with Crippen molar-refractivity contribution in [2.24, 2.45) is 5.92 Å². The summed E-state index contributed by atoms with van der Waals surface area (Å²) in [6, 6.07) is 8.45. The van der Waals surface area contributed by atoms with Crippen LogP contribution in [0.15, 0.2) is 41.6 Å². The first kappa shape index (κ1) is 18.0. The molecule has 140 valence electrons. The van der Waals surface area contributed by atoms with Crippen LogP contribution in [0.4, 0.5) is 0 Å². The zero-order chi connectivity index (χ0) is 18.8. The predicted octanol–water partition coefficient (Wildman–Crippen LogP) is 3.55. The second-order valence-electron chi connectivity index (χ2n) is 7.23. The van der Waals surface area contributed by atoms with E-state index in [1.807, 2.05) is 10.7 Å². The molecular weight excluding hydrogens is 356 g/mol. The minimum atomic E-state index is -0.109. The van der Waals surface area contributed by atoms with Gasteiger partial charge in [-0.15, -0.1) is 11.8 Å². The molecule has 1 N–H and O–H groups in total. The minimum Gasteiger partial charge on any atom is -0.352 e. The van der Waals surface area contributed by atoms with Crippen LogP contribution in [0.1, 0.15) is 40.5 Å². The van der Waals surface area contributed by atoms with Gasteiger partial charge in [-0.1, -0.05) is 19.1 Å². The summed E-state index contributed by atoms with van der Waals surface area (Å²) in [6.45, 7) is 2.86. The summed E-state index contributed by atoms with van der Waals surface area (Å²) in [4.78, 5) is 18.4. The summed E-state index contributed by atoms with van der Waals surface area (Å²) in [5, 5.41) is 7.46. The molecule has 0 radical (unpaired) electrons. The molecule has 0 bridgehead atoms. The van der Waals surface area contributed by atoms with E-state index in [0.717, 1.165) is 25.7 Å². The Morgan fingerprint density at radius 3 is 2.89 bits per heavy atom. The van der Waals surface area contributed by atoms with Crippen molar-refractivity contribution in [3.05, 3.63) is 59.0 Å². The molecule has 5 nitrogen and oxygen atoms in total. The minimum absolute atomic E-state index is 0.109. The third-order valence-corrected chi connectivity index (χ3v) is 6.00. The van der Waals surface area contributed by atoms with Crippen LogP contribution < -0.4 is 5.32 Å². The number of fused-ring (bicyclic) bond motifs is 3. The van der Waals surface area contributed by atoms with Crippen molar-refractivity contribution in [2.45, 2.75) is 37.5 Å². The second kappa shape index (κ2) is 7.72. The topological polar surface area (TPSA) is 59.3 Å². The van der Waals surface area contributed by atoms with Crippen molar-refractivity contribution in [3.8, 4) is 0 Å². The number of amides is 1. The number of thioether (sulfide) groups is 1. The lowest BCUT2D eigenvalue weighted by atomic mass is 9.89. The van der Waals surface area contributed by atoms with Gasteiger partial charge in [-0.2, -0.15) is 5.10 Å². The average molecular weight is 381 g/mol. The monoisotopic (exact) mass is 380 g/mol. The molecule has 27 heavy (non-hydrogen) atoms. The van der Waals surface area contributed by atoms with Gasteiger partial charge in [0, 0.05) is 23.3 Å². The first-order valence-corrected chi connectivity index (χ1v) is 10.6. The molecule has 0 fully saturated rings. The molecule has 4 rings (SSSR count). The Morgan fingerprint density at radius 2 is 2.11 bits per heavy atom. The van der Waals surface area contributed by atoms with E-state index in [1.165, 1.54) is 21.7 Å². The number of benzene rings is 1. The quantitative estimate of drug-likeness (QED) is 0.688. The molecule has 3 aromatic rings. The predicted molar refractivity (Wildman–Crippen MR) is 108 cm³/mol. The molecular formula is C21H24N4OS. The summed E-state index contributed by atoms with van der Waals surface area (Å²) in [7, 11) is 0. The van der Waals surface area contributed by atoms with Crippen LogP contribution in [0, 0.1) is 5.92 Å². The third kappa shape index (κ3) is 3.72. The lowest BCUT2D eigenvalue weighted by molar-refractivity contribution is 0.0955. The van der Waals surface area contributed by atoms with Crippen LogP contribution in [0.2, 0.25) is 0 Å². The Morgan fingerprint density at radius 1 is 1.30 bits per heavy atom. The molecule has 2 heterocycles. The number of carbonyl (C=O) groups is 1. The Hall–Kier alpha value is -2.34. The molecule has 0 saturated carbocycles. The molecule has 0 aliphatic heterocycles. The molecule has 1 aliphatic carbocycles. The van der Waals surface area contributed by atoms with Crippen molar-refractivity contribution in [2.75, 3.05) is 12.8 Å². The fourth-order valence-corrected chi connectivity index (χ4v) is 4.09. The fraction of sp³-hybridized carbons (Fsp3) is 0.381. The highest BCUT2D eigenvalue weighted by Gasteiger charge is 2.21. The Labute approximate surface area is 163 Å². The normalized spacial score (nSPS) is 16.3. The Kier molecular flexibility index (Phi) is 5.16. The summed E-state index contributed by atoms with van der Waals surface area (Å²) >= 11 is 1.73. The van der Waals surface area contributed by atoms with Gasteiger partial charge >= 0.3 is 0 Å². The molecule has 0 saturated heterocycles. The van der Waals surface area contributed by atoms with Crippen LogP contribution in [-0.4, -0.2) is 33.3 Å². The van der Waals surface area contributed by atoms with Crippen LogP contribution in [0.5, 0.6) is 0 Å². The average Bonchev–Trinajstić information content (AvgIpc) is 3.12. The maximum absolute atomic E-state index is 12.6. The highest BCUT2D eigenvalue weighted by atomic mass is 32.2. The standard InChI is InChI=1S/C21H24N4OS/c1-14-3-8-19-16(11-14)12-23-20-18(13-24-25(19)20)21(26)22-10-9-15-4-6-17(27-2)7-5-15/h4-7,12-14H,3,8-11H2,1-2H3,(H,22,26). The van der Waals surface area contributed by atoms with Gasteiger partial charge in [0.25, 0.3) is 5.91 Å². The van der Waals surface area contributed by atoms with E-state index in [2.05, 4.69) is 52.8 Å². The Bertz CT molecular complexity index is 964. The van der Waals surface area contributed by atoms with Gasteiger partial charge in [-0.05, 0) is 61.1 Å². The number of nitrogens with zero attached hydrogens (tertiary/aromatic N) is 3. The van der Waals surface area contributed by atoms with Crippen LogP contribution >= 0.6 is 11.8 Å². The number of hydrogen-bond acceptors (Lipinski definition) is 4. The van der Waals surface area contributed by atoms with E-state index in [1.54, 1.807) is 18.0 Å². The molecule has 1 aromatic carbocycles. The van der Waals surface area contributed by atoms with E-state index in [0.29, 0.717) is 23.7 Å². The zero-order valence-electron chi connectivity index (χ0n) is 15.7. The van der Waals surface area contributed by atoms with Crippen LogP contribution in [0.25, 0.3) is 5.65 Å². The van der Waals surface area contributed by atoms with E-state index < -0.39 is 0 Å². The summed E-state index contributed by atoms with van der Waals surface area (Å²) in [5.74, 6) is 0.572. The first-order chi connectivity index (χ1) is 13.2.